The lowest BCUT2D eigenvalue weighted by Crippen LogP contribution is -2.42. The fraction of sp³-hybridized carbons (Fsp3) is 0.333. The van der Waals surface area contributed by atoms with E-state index < -0.39 is 23.7 Å². The lowest BCUT2D eigenvalue weighted by atomic mass is 10.1. The molecule has 6 heteroatoms. The predicted molar refractivity (Wildman–Crippen MR) is 65.7 cm³/mol. The van der Waals surface area contributed by atoms with Gasteiger partial charge in [0.15, 0.2) is 0 Å². The van der Waals surface area contributed by atoms with Crippen LogP contribution in [0.25, 0.3) is 0 Å². The molecule has 1 fully saturated rings. The topological polar surface area (TPSA) is 66.4 Å². The number of benzene rings is 1. The van der Waals surface area contributed by atoms with Gasteiger partial charge in [-0.25, -0.2) is 9.18 Å². The van der Waals surface area contributed by atoms with Crippen LogP contribution in [0.3, 0.4) is 0 Å². The molecule has 0 aliphatic heterocycles. The Morgan fingerprint density at radius 2 is 2.11 bits per heavy atom. The number of hydrogen-bond acceptors (Lipinski definition) is 2. The predicted octanol–water partition coefficient (Wildman–Crippen LogP) is 2.18. The van der Waals surface area contributed by atoms with Gasteiger partial charge in [-0.05, 0) is 52.9 Å². The third kappa shape index (κ3) is 2.87. The van der Waals surface area contributed by atoms with Crippen LogP contribution in [0.1, 0.15) is 23.2 Å². The van der Waals surface area contributed by atoms with Gasteiger partial charge in [-0.2, -0.15) is 0 Å². The Bertz CT molecular complexity index is 502. The van der Waals surface area contributed by atoms with Crippen molar-refractivity contribution in [2.45, 2.75) is 18.9 Å². The Balaban J connectivity index is 2.15. The fourth-order valence-electron chi connectivity index (χ4n) is 1.70. The number of nitrogens with one attached hydrogen (secondary N) is 1. The highest BCUT2D eigenvalue weighted by atomic mass is 79.9. The number of carbonyl (C=O) groups is 2. The minimum Gasteiger partial charge on any atom is -0.480 e. The van der Waals surface area contributed by atoms with Gasteiger partial charge in [0.1, 0.15) is 11.9 Å². The summed E-state index contributed by atoms with van der Waals surface area (Å²) in [6.45, 7) is 0. The van der Waals surface area contributed by atoms with Gasteiger partial charge in [0.05, 0.1) is 5.56 Å². The summed E-state index contributed by atoms with van der Waals surface area (Å²) in [4.78, 5) is 22.9. The summed E-state index contributed by atoms with van der Waals surface area (Å²) in [6, 6.07) is 2.81. The molecule has 1 aromatic rings. The number of aliphatic carboxylic acids is 1. The molecule has 2 rings (SSSR count). The number of halogens is 2. The van der Waals surface area contributed by atoms with Gasteiger partial charge < -0.3 is 10.4 Å². The molecule has 1 aliphatic carbocycles. The molecule has 1 saturated carbocycles. The van der Waals surface area contributed by atoms with Crippen LogP contribution in [0.2, 0.25) is 0 Å². The maximum atomic E-state index is 13.1. The number of carboxylic acid groups (broad SMARTS) is 1. The van der Waals surface area contributed by atoms with Gasteiger partial charge in [0, 0.05) is 4.47 Å². The number of rotatable bonds is 4. The molecule has 1 unspecified atom stereocenters. The standard InChI is InChI=1S/C12H11BrFNO3/c13-9-4-3-7(14)5-8(9)11(16)15-10(12(17)18)6-1-2-6/h3-6,10H,1-2H2,(H,15,16)(H,17,18). The molecule has 1 atom stereocenters. The number of amides is 1. The summed E-state index contributed by atoms with van der Waals surface area (Å²) in [7, 11) is 0. The molecule has 96 valence electrons. The van der Waals surface area contributed by atoms with Crippen LogP contribution < -0.4 is 5.32 Å². The van der Waals surface area contributed by atoms with Gasteiger partial charge in [0.2, 0.25) is 0 Å². The normalized spacial score (nSPS) is 16.1. The molecule has 0 saturated heterocycles. The van der Waals surface area contributed by atoms with E-state index >= 15 is 0 Å². The Morgan fingerprint density at radius 1 is 1.44 bits per heavy atom. The Morgan fingerprint density at radius 3 is 2.67 bits per heavy atom. The molecular formula is C12H11BrFNO3. The molecule has 1 amide bonds. The first-order valence-corrected chi connectivity index (χ1v) is 6.27. The molecule has 2 N–H and O–H groups in total. The summed E-state index contributed by atoms with van der Waals surface area (Å²) in [5, 5.41) is 11.4. The zero-order valence-electron chi connectivity index (χ0n) is 9.32. The van der Waals surface area contributed by atoms with Gasteiger partial charge >= 0.3 is 5.97 Å². The number of carbonyl (C=O) groups excluding carboxylic acids is 1. The van der Waals surface area contributed by atoms with Crippen LogP contribution >= 0.6 is 15.9 Å². The molecule has 0 spiro atoms. The van der Waals surface area contributed by atoms with Gasteiger partial charge in [-0.3, -0.25) is 4.79 Å². The zero-order chi connectivity index (χ0) is 13.3. The summed E-state index contributed by atoms with van der Waals surface area (Å²) >= 11 is 3.14. The first-order valence-electron chi connectivity index (χ1n) is 5.48. The third-order valence-corrected chi connectivity index (χ3v) is 3.51. The maximum absolute atomic E-state index is 13.1. The molecule has 0 aromatic heterocycles. The molecular weight excluding hydrogens is 305 g/mol. The Hall–Kier alpha value is -1.43. The Labute approximate surface area is 111 Å². The first kappa shape index (κ1) is 13.0. The van der Waals surface area contributed by atoms with E-state index in [1.54, 1.807) is 0 Å². The van der Waals surface area contributed by atoms with E-state index in [-0.39, 0.29) is 11.5 Å². The summed E-state index contributed by atoms with van der Waals surface area (Å²) in [6.07, 6.45) is 1.59. The van der Waals surface area contributed by atoms with Crippen LogP contribution in [0.15, 0.2) is 22.7 Å². The van der Waals surface area contributed by atoms with Crippen molar-refractivity contribution in [3.05, 3.63) is 34.1 Å². The molecule has 0 bridgehead atoms. The molecule has 18 heavy (non-hydrogen) atoms. The van der Waals surface area contributed by atoms with Crippen molar-refractivity contribution in [3.63, 3.8) is 0 Å². The van der Waals surface area contributed by atoms with Crippen molar-refractivity contribution < 1.29 is 19.1 Å². The van der Waals surface area contributed by atoms with Gasteiger partial charge in [-0.1, -0.05) is 0 Å². The van der Waals surface area contributed by atoms with Crippen molar-refractivity contribution in [3.8, 4) is 0 Å². The molecule has 1 aliphatic rings. The quantitative estimate of drug-likeness (QED) is 0.895. The van der Waals surface area contributed by atoms with E-state index in [1.165, 1.54) is 12.1 Å². The zero-order valence-corrected chi connectivity index (χ0v) is 10.9. The fourth-order valence-corrected chi connectivity index (χ4v) is 2.13. The molecule has 4 nitrogen and oxygen atoms in total. The largest absolute Gasteiger partial charge is 0.480 e. The van der Waals surface area contributed by atoms with Gasteiger partial charge in [-0.15, -0.1) is 0 Å². The van der Waals surface area contributed by atoms with Crippen LogP contribution in [0, 0.1) is 11.7 Å². The summed E-state index contributed by atoms with van der Waals surface area (Å²) in [5.74, 6) is -2.19. The van der Waals surface area contributed by atoms with Crippen LogP contribution in [0.4, 0.5) is 4.39 Å². The lowest BCUT2D eigenvalue weighted by molar-refractivity contribution is -0.139. The average Bonchev–Trinajstić information content (AvgIpc) is 3.12. The van der Waals surface area contributed by atoms with Crippen LogP contribution in [-0.2, 0) is 4.79 Å². The van der Waals surface area contributed by atoms with E-state index in [0.29, 0.717) is 4.47 Å². The van der Waals surface area contributed by atoms with E-state index in [4.69, 9.17) is 5.11 Å². The Kier molecular flexibility index (Phi) is 3.65. The highest BCUT2D eigenvalue weighted by molar-refractivity contribution is 9.10. The number of carboxylic acids is 1. The minimum absolute atomic E-state index is 0.0150. The van der Waals surface area contributed by atoms with Crippen molar-refractivity contribution >= 4 is 27.8 Å². The lowest BCUT2D eigenvalue weighted by Gasteiger charge is -2.14. The van der Waals surface area contributed by atoms with E-state index in [0.717, 1.165) is 18.9 Å². The molecule has 1 aromatic carbocycles. The monoisotopic (exact) mass is 315 g/mol. The smallest absolute Gasteiger partial charge is 0.326 e. The van der Waals surface area contributed by atoms with Crippen molar-refractivity contribution in [1.82, 2.24) is 5.32 Å². The van der Waals surface area contributed by atoms with Crippen molar-refractivity contribution in [2.24, 2.45) is 5.92 Å². The second-order valence-electron chi connectivity index (χ2n) is 4.25. The second kappa shape index (κ2) is 5.06. The average molecular weight is 316 g/mol. The van der Waals surface area contributed by atoms with E-state index in [2.05, 4.69) is 21.2 Å². The highest BCUT2D eigenvalue weighted by Crippen LogP contribution is 2.33. The summed E-state index contributed by atoms with van der Waals surface area (Å²) < 4.78 is 13.5. The number of hydrogen-bond donors (Lipinski definition) is 2. The molecule has 0 heterocycles. The summed E-state index contributed by atoms with van der Waals surface area (Å²) in [5.41, 5.74) is 0.0990. The molecule has 0 radical (unpaired) electrons. The first-order chi connectivity index (χ1) is 8.49. The van der Waals surface area contributed by atoms with Crippen molar-refractivity contribution in [1.29, 1.82) is 0 Å². The minimum atomic E-state index is -1.06. The SMILES string of the molecule is O=C(NC(C(=O)O)C1CC1)c1cc(F)ccc1Br. The van der Waals surface area contributed by atoms with Crippen LogP contribution in [0.5, 0.6) is 0 Å². The second-order valence-corrected chi connectivity index (χ2v) is 5.11. The van der Waals surface area contributed by atoms with E-state index in [1.807, 2.05) is 0 Å². The van der Waals surface area contributed by atoms with E-state index in [9.17, 15) is 14.0 Å². The van der Waals surface area contributed by atoms with Crippen LogP contribution in [-0.4, -0.2) is 23.0 Å². The van der Waals surface area contributed by atoms with Crippen molar-refractivity contribution in [2.75, 3.05) is 0 Å². The highest BCUT2D eigenvalue weighted by Gasteiger charge is 2.37. The maximum Gasteiger partial charge on any atom is 0.326 e. The third-order valence-electron chi connectivity index (χ3n) is 2.82. The van der Waals surface area contributed by atoms with Gasteiger partial charge in [0.25, 0.3) is 5.91 Å².